The van der Waals surface area contributed by atoms with Gasteiger partial charge in [-0.2, -0.15) is 0 Å². The highest BCUT2D eigenvalue weighted by Gasteiger charge is 2.15. The molecule has 0 saturated carbocycles. The van der Waals surface area contributed by atoms with Gasteiger partial charge in [-0.1, -0.05) is 6.07 Å². The first-order chi connectivity index (χ1) is 5.79. The molecule has 0 atom stereocenters. The van der Waals surface area contributed by atoms with Gasteiger partial charge in [-0.25, -0.2) is 0 Å². The van der Waals surface area contributed by atoms with Gasteiger partial charge in [0, 0.05) is 12.2 Å². The highest BCUT2D eigenvalue weighted by Crippen LogP contribution is 2.32. The Kier molecular flexibility index (Phi) is 2.12. The molecule has 1 aliphatic heterocycles. The zero-order valence-corrected chi connectivity index (χ0v) is 8.91. The Morgan fingerprint density at radius 3 is 3.00 bits per heavy atom. The van der Waals surface area contributed by atoms with Gasteiger partial charge >= 0.3 is 0 Å². The van der Waals surface area contributed by atoms with Crippen molar-refractivity contribution in [1.29, 1.82) is 0 Å². The van der Waals surface area contributed by atoms with Gasteiger partial charge in [0.2, 0.25) is 0 Å². The van der Waals surface area contributed by atoms with Crippen LogP contribution in [0.1, 0.15) is 12.0 Å². The molecule has 2 nitrogen and oxygen atoms in total. The number of hydrogen-bond acceptors (Lipinski definition) is 2. The van der Waals surface area contributed by atoms with Gasteiger partial charge in [0.25, 0.3) is 0 Å². The van der Waals surface area contributed by atoms with E-state index in [1.807, 2.05) is 12.1 Å². The van der Waals surface area contributed by atoms with Crippen LogP contribution in [0.5, 0.6) is 0 Å². The Hall–Kier alpha value is -0.450. The Balaban J connectivity index is 2.52. The Morgan fingerprint density at radius 2 is 2.25 bits per heavy atom. The smallest absolute Gasteiger partial charge is 0.0591 e. The topological polar surface area (TPSA) is 29.3 Å². The third-order valence-corrected chi connectivity index (χ3v) is 3.23. The van der Waals surface area contributed by atoms with E-state index in [9.17, 15) is 0 Å². The monoisotopic (exact) mass is 274 g/mol. The zero-order valence-electron chi connectivity index (χ0n) is 6.76. The SMILES string of the molecule is Nc1cccc2c1CCCN2I. The predicted octanol–water partition coefficient (Wildman–Crippen LogP) is 2.37. The average molecular weight is 274 g/mol. The molecule has 0 radical (unpaired) electrons. The summed E-state index contributed by atoms with van der Waals surface area (Å²) in [7, 11) is 0. The molecule has 1 aromatic rings. The summed E-state index contributed by atoms with van der Waals surface area (Å²) in [5.41, 5.74) is 9.42. The highest BCUT2D eigenvalue weighted by molar-refractivity contribution is 14.1. The minimum absolute atomic E-state index is 0.939. The fourth-order valence-electron chi connectivity index (χ4n) is 1.61. The molecule has 0 unspecified atom stereocenters. The molecule has 12 heavy (non-hydrogen) atoms. The third kappa shape index (κ3) is 1.26. The van der Waals surface area contributed by atoms with E-state index in [4.69, 9.17) is 5.73 Å². The second-order valence-electron chi connectivity index (χ2n) is 3.03. The molecule has 0 saturated heterocycles. The molecule has 0 amide bonds. The van der Waals surface area contributed by atoms with Crippen LogP contribution in [-0.2, 0) is 6.42 Å². The molecule has 1 aliphatic rings. The van der Waals surface area contributed by atoms with Crippen molar-refractivity contribution < 1.29 is 0 Å². The van der Waals surface area contributed by atoms with Crippen molar-refractivity contribution in [2.75, 3.05) is 15.4 Å². The van der Waals surface area contributed by atoms with Crippen LogP contribution in [0.3, 0.4) is 0 Å². The summed E-state index contributed by atoms with van der Waals surface area (Å²) in [5, 5.41) is 0. The van der Waals surface area contributed by atoms with Crippen molar-refractivity contribution in [2.45, 2.75) is 12.8 Å². The fraction of sp³-hybridized carbons (Fsp3) is 0.333. The summed E-state index contributed by atoms with van der Waals surface area (Å²) in [6, 6.07) is 6.14. The first kappa shape index (κ1) is 8.16. The van der Waals surface area contributed by atoms with E-state index < -0.39 is 0 Å². The number of halogens is 1. The second-order valence-corrected chi connectivity index (χ2v) is 4.20. The number of rotatable bonds is 0. The molecular formula is C9H11IN2. The molecule has 0 fully saturated rings. The minimum atomic E-state index is 0.939. The lowest BCUT2D eigenvalue weighted by Gasteiger charge is -2.26. The van der Waals surface area contributed by atoms with E-state index in [1.54, 1.807) is 0 Å². The molecule has 64 valence electrons. The van der Waals surface area contributed by atoms with Gasteiger partial charge in [-0.15, -0.1) is 0 Å². The van der Waals surface area contributed by atoms with Gasteiger partial charge in [-0.3, -0.25) is 0 Å². The van der Waals surface area contributed by atoms with Crippen LogP contribution in [0, 0.1) is 0 Å². The summed E-state index contributed by atoms with van der Waals surface area (Å²) in [6.07, 6.45) is 2.34. The number of hydrogen-bond donors (Lipinski definition) is 1. The molecular weight excluding hydrogens is 263 g/mol. The van der Waals surface area contributed by atoms with Gasteiger partial charge in [0.15, 0.2) is 0 Å². The summed E-state index contributed by atoms with van der Waals surface area (Å²) in [6.45, 7) is 1.14. The van der Waals surface area contributed by atoms with Crippen molar-refractivity contribution in [1.82, 2.24) is 0 Å². The van der Waals surface area contributed by atoms with E-state index in [0.29, 0.717) is 0 Å². The van der Waals surface area contributed by atoms with E-state index in [-0.39, 0.29) is 0 Å². The molecule has 0 aromatic heterocycles. The van der Waals surface area contributed by atoms with Crippen LogP contribution in [0.15, 0.2) is 18.2 Å². The summed E-state index contributed by atoms with van der Waals surface area (Å²) < 4.78 is 2.24. The molecule has 0 bridgehead atoms. The number of nitrogens with two attached hydrogens (primary N) is 1. The molecule has 0 spiro atoms. The van der Waals surface area contributed by atoms with Crippen molar-refractivity contribution in [3.05, 3.63) is 23.8 Å². The van der Waals surface area contributed by atoms with Crippen LogP contribution in [0.25, 0.3) is 0 Å². The van der Waals surface area contributed by atoms with Gasteiger partial charge in [0.1, 0.15) is 0 Å². The molecule has 2 rings (SSSR count). The minimum Gasteiger partial charge on any atom is -0.398 e. The van der Waals surface area contributed by atoms with E-state index in [1.165, 1.54) is 17.7 Å². The van der Waals surface area contributed by atoms with Crippen molar-refractivity contribution >= 4 is 34.2 Å². The van der Waals surface area contributed by atoms with Crippen LogP contribution in [0.4, 0.5) is 11.4 Å². The Bertz CT molecular complexity index is 299. The maximum Gasteiger partial charge on any atom is 0.0591 e. The summed E-state index contributed by atoms with van der Waals surface area (Å²) in [4.78, 5) is 0. The number of fused-ring (bicyclic) bond motifs is 1. The lowest BCUT2D eigenvalue weighted by atomic mass is 10.0. The van der Waals surface area contributed by atoms with Crippen LogP contribution >= 0.6 is 22.9 Å². The first-order valence-corrected chi connectivity index (χ1v) is 5.06. The van der Waals surface area contributed by atoms with E-state index in [0.717, 1.165) is 18.7 Å². The quantitative estimate of drug-likeness (QED) is 0.447. The van der Waals surface area contributed by atoms with Gasteiger partial charge < -0.3 is 8.85 Å². The van der Waals surface area contributed by atoms with Crippen LogP contribution in [-0.4, -0.2) is 6.54 Å². The van der Waals surface area contributed by atoms with Crippen LogP contribution < -0.4 is 8.85 Å². The summed E-state index contributed by atoms with van der Waals surface area (Å²) in [5.74, 6) is 0. The standard InChI is InChI=1S/C9H11IN2/c10-12-6-2-3-7-8(11)4-1-5-9(7)12/h1,4-5H,2-3,6,11H2. The average Bonchev–Trinajstić information content (AvgIpc) is 2.07. The Morgan fingerprint density at radius 1 is 1.42 bits per heavy atom. The predicted molar refractivity (Wildman–Crippen MR) is 60.5 cm³/mol. The molecule has 1 aromatic carbocycles. The van der Waals surface area contributed by atoms with Gasteiger partial charge in [-0.05, 0) is 30.5 Å². The molecule has 0 aliphatic carbocycles. The molecule has 2 N–H and O–H groups in total. The van der Waals surface area contributed by atoms with Crippen LogP contribution in [0.2, 0.25) is 0 Å². The Labute approximate surface area is 86.2 Å². The normalized spacial score (nSPS) is 15.9. The lowest BCUT2D eigenvalue weighted by Crippen LogP contribution is -2.19. The number of benzene rings is 1. The van der Waals surface area contributed by atoms with E-state index in [2.05, 4.69) is 32.0 Å². The summed E-state index contributed by atoms with van der Waals surface area (Å²) >= 11 is 2.34. The van der Waals surface area contributed by atoms with Crippen molar-refractivity contribution in [2.24, 2.45) is 0 Å². The van der Waals surface area contributed by atoms with Crippen molar-refractivity contribution in [3.63, 3.8) is 0 Å². The fourth-order valence-corrected chi connectivity index (χ4v) is 2.40. The maximum absolute atomic E-state index is 5.87. The van der Waals surface area contributed by atoms with Crippen molar-refractivity contribution in [3.8, 4) is 0 Å². The van der Waals surface area contributed by atoms with E-state index >= 15 is 0 Å². The number of anilines is 2. The number of nitrogen functional groups attached to an aromatic ring is 1. The second kappa shape index (κ2) is 3.12. The molecule has 1 heterocycles. The van der Waals surface area contributed by atoms with Gasteiger partial charge in [0.05, 0.1) is 28.6 Å². The third-order valence-electron chi connectivity index (χ3n) is 2.23. The lowest BCUT2D eigenvalue weighted by molar-refractivity contribution is 0.808. The number of nitrogens with zero attached hydrogens (tertiary/aromatic N) is 1. The largest absolute Gasteiger partial charge is 0.398 e. The zero-order chi connectivity index (χ0) is 8.55. The molecule has 3 heteroatoms. The maximum atomic E-state index is 5.87. The highest BCUT2D eigenvalue weighted by atomic mass is 127. The first-order valence-electron chi connectivity index (χ1n) is 4.10.